The maximum atomic E-state index is 6.46. The van der Waals surface area contributed by atoms with Gasteiger partial charge in [0.15, 0.2) is 5.84 Å². The van der Waals surface area contributed by atoms with Crippen molar-refractivity contribution in [3.8, 4) is 16.8 Å². The lowest BCUT2D eigenvalue weighted by Crippen LogP contribution is -2.33. The molecule has 57 heavy (non-hydrogen) atoms. The van der Waals surface area contributed by atoms with Gasteiger partial charge in [-0.2, -0.15) is 0 Å². The Labute approximate surface area is 326 Å². The average Bonchev–Trinajstić information content (AvgIpc) is 3.96. The molecule has 0 saturated carbocycles. The second-order valence-electron chi connectivity index (χ2n) is 14.6. The predicted octanol–water partition coefficient (Wildman–Crippen LogP) is 12.7. The number of aromatic nitrogens is 1. The smallest absolute Gasteiger partial charge is 0.163 e. The maximum absolute atomic E-state index is 6.46. The van der Waals surface area contributed by atoms with E-state index in [0.29, 0.717) is 5.84 Å². The molecule has 0 amide bonds. The molecule has 4 heterocycles. The molecule has 1 unspecified atom stereocenters. The lowest BCUT2D eigenvalue weighted by Gasteiger charge is -2.23. The SMILES string of the molecule is c1ccc(C2N=C(c3cccc4c3oc3ccccc34)N=C(c3ccc4oc5ccc(-c6cccc7c6c6ccccc6n7-c6ccccc6)cc5c4c3)N2)cc1. The molecule has 1 atom stereocenters. The van der Waals surface area contributed by atoms with Crippen molar-refractivity contribution in [1.29, 1.82) is 0 Å². The number of hydrogen-bond donors (Lipinski definition) is 1. The van der Waals surface area contributed by atoms with Crippen LogP contribution in [-0.2, 0) is 0 Å². The summed E-state index contributed by atoms with van der Waals surface area (Å²) in [6, 6.07) is 63.3. The normalized spacial score (nSPS) is 14.5. The molecule has 0 spiro atoms. The van der Waals surface area contributed by atoms with Gasteiger partial charge in [0.2, 0.25) is 0 Å². The Kier molecular flexibility index (Phi) is 6.89. The second kappa shape index (κ2) is 12.4. The minimum absolute atomic E-state index is 0.352. The molecule has 0 saturated heterocycles. The molecule has 0 aliphatic carbocycles. The molecular weight excluding hydrogens is 701 g/mol. The van der Waals surface area contributed by atoms with Crippen molar-refractivity contribution in [3.63, 3.8) is 0 Å². The van der Waals surface area contributed by atoms with E-state index in [4.69, 9.17) is 18.8 Å². The molecular formula is C51H32N4O2. The fourth-order valence-corrected chi connectivity index (χ4v) is 8.65. The number of fused-ring (bicyclic) bond motifs is 9. The van der Waals surface area contributed by atoms with Crippen LogP contribution in [0.1, 0.15) is 22.9 Å². The lowest BCUT2D eigenvalue weighted by molar-refractivity contribution is 0.663. The molecule has 0 bridgehead atoms. The summed E-state index contributed by atoms with van der Waals surface area (Å²) in [5.41, 5.74) is 11.9. The van der Waals surface area contributed by atoms with Crippen LogP contribution in [0.5, 0.6) is 0 Å². The monoisotopic (exact) mass is 732 g/mol. The summed E-state index contributed by atoms with van der Waals surface area (Å²) in [4.78, 5) is 10.4. The number of rotatable bonds is 5. The molecule has 268 valence electrons. The number of furan rings is 2. The Balaban J connectivity index is 1.01. The van der Waals surface area contributed by atoms with E-state index in [0.717, 1.165) is 77.7 Å². The van der Waals surface area contributed by atoms with Crippen molar-refractivity contribution in [2.24, 2.45) is 9.98 Å². The number of benzene rings is 8. The minimum atomic E-state index is -0.352. The van der Waals surface area contributed by atoms with Crippen molar-refractivity contribution in [2.45, 2.75) is 6.17 Å². The highest BCUT2D eigenvalue weighted by Crippen LogP contribution is 2.41. The molecule has 1 aliphatic heterocycles. The molecule has 1 N–H and O–H groups in total. The van der Waals surface area contributed by atoms with E-state index in [1.807, 2.05) is 48.5 Å². The molecule has 0 fully saturated rings. The van der Waals surface area contributed by atoms with Gasteiger partial charge in [-0.05, 0) is 83.4 Å². The Morgan fingerprint density at radius 1 is 0.474 bits per heavy atom. The van der Waals surface area contributed by atoms with Crippen LogP contribution < -0.4 is 5.32 Å². The van der Waals surface area contributed by atoms with Gasteiger partial charge in [0.05, 0.1) is 16.6 Å². The van der Waals surface area contributed by atoms with E-state index in [9.17, 15) is 0 Å². The van der Waals surface area contributed by atoms with Gasteiger partial charge in [-0.15, -0.1) is 0 Å². The first-order valence-electron chi connectivity index (χ1n) is 19.2. The minimum Gasteiger partial charge on any atom is -0.456 e. The summed E-state index contributed by atoms with van der Waals surface area (Å²) in [6.07, 6.45) is -0.352. The fourth-order valence-electron chi connectivity index (χ4n) is 8.65. The van der Waals surface area contributed by atoms with E-state index in [1.165, 1.54) is 27.4 Å². The van der Waals surface area contributed by atoms with E-state index in [2.05, 4.69) is 143 Å². The maximum Gasteiger partial charge on any atom is 0.163 e. The lowest BCUT2D eigenvalue weighted by atomic mass is 9.97. The largest absolute Gasteiger partial charge is 0.456 e. The zero-order chi connectivity index (χ0) is 37.5. The van der Waals surface area contributed by atoms with Gasteiger partial charge in [0.25, 0.3) is 0 Å². The van der Waals surface area contributed by atoms with Crippen LogP contribution in [0.3, 0.4) is 0 Å². The summed E-state index contributed by atoms with van der Waals surface area (Å²) < 4.78 is 15.3. The summed E-state index contributed by atoms with van der Waals surface area (Å²) in [5, 5.41) is 10.3. The highest BCUT2D eigenvalue weighted by atomic mass is 16.3. The van der Waals surface area contributed by atoms with Crippen LogP contribution in [0.25, 0.3) is 82.5 Å². The van der Waals surface area contributed by atoms with Crippen molar-refractivity contribution < 1.29 is 8.83 Å². The molecule has 12 rings (SSSR count). The first-order chi connectivity index (χ1) is 28.2. The molecule has 6 heteroatoms. The summed E-state index contributed by atoms with van der Waals surface area (Å²) in [6.45, 7) is 0. The topological polar surface area (TPSA) is 68.0 Å². The van der Waals surface area contributed by atoms with Crippen LogP contribution in [-0.4, -0.2) is 16.2 Å². The number of nitrogens with zero attached hydrogens (tertiary/aromatic N) is 3. The molecule has 11 aromatic rings. The number of amidine groups is 2. The van der Waals surface area contributed by atoms with Crippen LogP contribution in [0.2, 0.25) is 0 Å². The van der Waals surface area contributed by atoms with Gasteiger partial charge < -0.3 is 18.7 Å². The van der Waals surface area contributed by atoms with Crippen molar-refractivity contribution in [2.75, 3.05) is 0 Å². The highest BCUT2D eigenvalue weighted by molar-refractivity contribution is 6.21. The van der Waals surface area contributed by atoms with Crippen LogP contribution in [0.4, 0.5) is 0 Å². The van der Waals surface area contributed by atoms with Gasteiger partial charge in [-0.1, -0.05) is 115 Å². The van der Waals surface area contributed by atoms with E-state index in [-0.39, 0.29) is 6.17 Å². The molecule has 3 aromatic heterocycles. The zero-order valence-corrected chi connectivity index (χ0v) is 30.6. The molecule has 0 radical (unpaired) electrons. The third kappa shape index (κ3) is 4.97. The third-order valence-corrected chi connectivity index (χ3v) is 11.3. The summed E-state index contributed by atoms with van der Waals surface area (Å²) >= 11 is 0. The molecule has 1 aliphatic rings. The number of aliphatic imine (C=N–C) groups is 2. The zero-order valence-electron chi connectivity index (χ0n) is 30.6. The number of para-hydroxylation sites is 4. The first-order valence-corrected chi connectivity index (χ1v) is 19.2. The Morgan fingerprint density at radius 3 is 1.95 bits per heavy atom. The van der Waals surface area contributed by atoms with Crippen molar-refractivity contribution >= 4 is 77.4 Å². The Morgan fingerprint density at radius 2 is 1.11 bits per heavy atom. The van der Waals surface area contributed by atoms with Crippen LogP contribution in [0, 0.1) is 0 Å². The Hall–Kier alpha value is -7.70. The second-order valence-corrected chi connectivity index (χ2v) is 14.6. The fraction of sp³-hybridized carbons (Fsp3) is 0.0196. The van der Waals surface area contributed by atoms with Gasteiger partial charge in [0.1, 0.15) is 34.3 Å². The Bertz CT molecular complexity index is 3440. The number of nitrogens with one attached hydrogen (secondary N) is 1. The quantitative estimate of drug-likeness (QED) is 0.192. The molecule has 6 nitrogen and oxygen atoms in total. The van der Waals surface area contributed by atoms with E-state index in [1.54, 1.807) is 0 Å². The van der Waals surface area contributed by atoms with Gasteiger partial charge in [-0.3, -0.25) is 0 Å². The van der Waals surface area contributed by atoms with Gasteiger partial charge in [-0.25, -0.2) is 9.98 Å². The summed E-state index contributed by atoms with van der Waals surface area (Å²) in [7, 11) is 0. The van der Waals surface area contributed by atoms with E-state index < -0.39 is 0 Å². The number of hydrogen-bond acceptors (Lipinski definition) is 5. The average molecular weight is 733 g/mol. The third-order valence-electron chi connectivity index (χ3n) is 11.3. The predicted molar refractivity (Wildman–Crippen MR) is 233 cm³/mol. The highest BCUT2D eigenvalue weighted by Gasteiger charge is 2.24. The van der Waals surface area contributed by atoms with Crippen LogP contribution in [0.15, 0.2) is 201 Å². The van der Waals surface area contributed by atoms with Gasteiger partial charge in [0, 0.05) is 43.6 Å². The van der Waals surface area contributed by atoms with Crippen LogP contribution >= 0.6 is 0 Å². The van der Waals surface area contributed by atoms with E-state index >= 15 is 0 Å². The first kappa shape index (κ1) is 31.6. The standard InChI is InChI=1S/C51H32N4O2/c1-3-13-31(14-4-1)49-52-50(54-51(53-49)39-21-11-20-37-36-17-8-10-24-44(36)57-48(37)39)33-26-28-46-41(30-33)40-29-32(25-27-45(40)56-46)35-19-12-23-43-47(35)38-18-7-9-22-42(38)55(43)34-15-5-2-6-16-34/h1-30,49H,(H,52,53,54). The summed E-state index contributed by atoms with van der Waals surface area (Å²) in [5.74, 6) is 1.34. The van der Waals surface area contributed by atoms with Crippen molar-refractivity contribution in [3.05, 3.63) is 199 Å². The molecule has 8 aromatic carbocycles. The van der Waals surface area contributed by atoms with Crippen molar-refractivity contribution in [1.82, 2.24) is 9.88 Å². The van der Waals surface area contributed by atoms with Gasteiger partial charge >= 0.3 is 0 Å².